The van der Waals surface area contributed by atoms with Crippen LogP contribution in [0.25, 0.3) is 0 Å². The molecule has 10 nitrogen and oxygen atoms in total. The van der Waals surface area contributed by atoms with E-state index in [0.717, 1.165) is 4.90 Å². The van der Waals surface area contributed by atoms with Crippen molar-refractivity contribution in [1.29, 1.82) is 0 Å². The highest BCUT2D eigenvalue weighted by atomic mass is 16.8. The van der Waals surface area contributed by atoms with Gasteiger partial charge in [0.15, 0.2) is 11.6 Å². The Morgan fingerprint density at radius 2 is 1.52 bits per heavy atom. The summed E-state index contributed by atoms with van der Waals surface area (Å²) >= 11 is 0. The molecule has 3 saturated heterocycles. The summed E-state index contributed by atoms with van der Waals surface area (Å²) in [4.78, 5) is 27.0. The molecule has 0 saturated carbocycles. The quantitative estimate of drug-likeness (QED) is 0.656. The molecule has 178 valence electrons. The number of ether oxygens (including phenoxy) is 5. The first-order valence-electron chi connectivity index (χ1n) is 10.7. The Hall–Kier alpha value is -1.30. The first-order chi connectivity index (χ1) is 14.1. The number of rotatable bonds is 4. The first-order valence-corrected chi connectivity index (χ1v) is 10.7. The maximum atomic E-state index is 13.2. The van der Waals surface area contributed by atoms with Crippen LogP contribution in [0.15, 0.2) is 0 Å². The second kappa shape index (κ2) is 8.24. The highest BCUT2D eigenvalue weighted by Crippen LogP contribution is 2.37. The SMILES string of the molecule is CC(C)(C)OC(=O)N1C(=O)[C@@H]([C@@H](O)[C@H]2COC(C)(C)O2)C[C@H]1[C@@H](O)[C@@H]1COC(C)(C)O1. The van der Waals surface area contributed by atoms with Crippen LogP contribution >= 0.6 is 0 Å². The fraction of sp³-hybridized carbons (Fsp3) is 0.905. The van der Waals surface area contributed by atoms with Crippen molar-refractivity contribution < 1.29 is 43.5 Å². The molecule has 0 aromatic rings. The van der Waals surface area contributed by atoms with Crippen LogP contribution < -0.4 is 0 Å². The van der Waals surface area contributed by atoms with Crippen LogP contribution in [0.1, 0.15) is 54.9 Å². The van der Waals surface area contributed by atoms with E-state index in [1.54, 1.807) is 48.5 Å². The van der Waals surface area contributed by atoms with Crippen molar-refractivity contribution in [2.45, 2.75) is 103 Å². The summed E-state index contributed by atoms with van der Waals surface area (Å²) in [6, 6.07) is -0.945. The number of aliphatic hydroxyl groups excluding tert-OH is 2. The molecular formula is C21H35NO9. The number of amides is 2. The van der Waals surface area contributed by atoms with Gasteiger partial charge in [-0.3, -0.25) is 4.79 Å². The van der Waals surface area contributed by atoms with Gasteiger partial charge in [-0.2, -0.15) is 0 Å². The summed E-state index contributed by atoms with van der Waals surface area (Å²) in [5.74, 6) is -3.36. The molecular weight excluding hydrogens is 410 g/mol. The minimum absolute atomic E-state index is 0.0288. The highest BCUT2D eigenvalue weighted by molar-refractivity contribution is 5.96. The van der Waals surface area contributed by atoms with Crippen LogP contribution in [-0.4, -0.2) is 88.0 Å². The van der Waals surface area contributed by atoms with Crippen molar-refractivity contribution in [1.82, 2.24) is 4.90 Å². The smallest absolute Gasteiger partial charge is 0.417 e. The van der Waals surface area contributed by atoms with Gasteiger partial charge in [-0.25, -0.2) is 9.69 Å². The van der Waals surface area contributed by atoms with Gasteiger partial charge in [0.05, 0.1) is 31.3 Å². The summed E-state index contributed by atoms with van der Waals surface area (Å²) in [5, 5.41) is 21.9. The molecule has 3 rings (SSSR count). The van der Waals surface area contributed by atoms with Crippen molar-refractivity contribution >= 4 is 12.0 Å². The van der Waals surface area contributed by atoms with Gasteiger partial charge < -0.3 is 33.9 Å². The van der Waals surface area contributed by atoms with Crippen molar-refractivity contribution in [3.05, 3.63) is 0 Å². The fourth-order valence-electron chi connectivity index (χ4n) is 4.20. The van der Waals surface area contributed by atoms with E-state index in [1.807, 2.05) is 0 Å². The van der Waals surface area contributed by atoms with E-state index < -0.39 is 65.6 Å². The van der Waals surface area contributed by atoms with Crippen LogP contribution in [0.3, 0.4) is 0 Å². The van der Waals surface area contributed by atoms with Crippen LogP contribution in [0, 0.1) is 5.92 Å². The molecule has 3 aliphatic heterocycles. The summed E-state index contributed by atoms with van der Waals surface area (Å²) in [6.45, 7) is 12.2. The predicted octanol–water partition coefficient (Wildman–Crippen LogP) is 1.16. The average molecular weight is 446 g/mol. The molecule has 3 fully saturated rings. The van der Waals surface area contributed by atoms with Gasteiger partial charge in [0.25, 0.3) is 0 Å². The van der Waals surface area contributed by atoms with E-state index in [0.29, 0.717) is 0 Å². The molecule has 3 aliphatic rings. The minimum atomic E-state index is -1.22. The summed E-state index contributed by atoms with van der Waals surface area (Å²) in [7, 11) is 0. The molecule has 0 unspecified atom stereocenters. The van der Waals surface area contributed by atoms with Crippen LogP contribution in [0.5, 0.6) is 0 Å². The van der Waals surface area contributed by atoms with Crippen molar-refractivity contribution in [3.8, 4) is 0 Å². The van der Waals surface area contributed by atoms with E-state index in [9.17, 15) is 19.8 Å². The molecule has 0 spiro atoms. The largest absolute Gasteiger partial charge is 0.443 e. The number of likely N-dealkylation sites (tertiary alicyclic amines) is 1. The van der Waals surface area contributed by atoms with Gasteiger partial charge in [0, 0.05) is 0 Å². The number of hydrogen-bond donors (Lipinski definition) is 2. The maximum Gasteiger partial charge on any atom is 0.417 e. The third-order valence-electron chi connectivity index (χ3n) is 5.60. The van der Waals surface area contributed by atoms with Crippen molar-refractivity contribution in [3.63, 3.8) is 0 Å². The standard InChI is InChI=1S/C21H35NO9/c1-19(2,3)31-18(26)22-12(16(24)14-10-28-21(6,7)30-14)8-11(17(22)25)15(23)13-9-27-20(4,5)29-13/h11-16,23-24H,8-10H2,1-7H3/t11-,12+,13-,14+,15-,16-/m1/s1. The lowest BCUT2D eigenvalue weighted by molar-refractivity contribution is -0.159. The zero-order valence-electron chi connectivity index (χ0n) is 19.3. The zero-order chi connectivity index (χ0) is 23.4. The van der Waals surface area contributed by atoms with E-state index in [2.05, 4.69) is 0 Å². The summed E-state index contributed by atoms with van der Waals surface area (Å²) < 4.78 is 27.9. The number of imide groups is 1. The van der Waals surface area contributed by atoms with E-state index in [4.69, 9.17) is 23.7 Å². The van der Waals surface area contributed by atoms with Gasteiger partial charge in [-0.1, -0.05) is 0 Å². The Morgan fingerprint density at radius 3 is 1.94 bits per heavy atom. The van der Waals surface area contributed by atoms with Crippen LogP contribution in [-0.2, 0) is 28.5 Å². The number of hydrogen-bond acceptors (Lipinski definition) is 9. The molecule has 2 N–H and O–H groups in total. The van der Waals surface area contributed by atoms with E-state index >= 15 is 0 Å². The van der Waals surface area contributed by atoms with Gasteiger partial charge in [-0.05, 0) is 54.9 Å². The van der Waals surface area contributed by atoms with Gasteiger partial charge in [0.2, 0.25) is 5.91 Å². The fourth-order valence-corrected chi connectivity index (χ4v) is 4.20. The van der Waals surface area contributed by atoms with Crippen LogP contribution in [0.4, 0.5) is 4.79 Å². The third kappa shape index (κ3) is 5.37. The third-order valence-corrected chi connectivity index (χ3v) is 5.60. The van der Waals surface area contributed by atoms with Gasteiger partial charge in [-0.15, -0.1) is 0 Å². The molecule has 2 amide bonds. The first kappa shape index (κ1) is 24.3. The number of nitrogens with zero attached hydrogens (tertiary/aromatic N) is 1. The van der Waals surface area contributed by atoms with Gasteiger partial charge in [0.1, 0.15) is 23.9 Å². The van der Waals surface area contributed by atoms with Gasteiger partial charge >= 0.3 is 6.09 Å². The normalized spacial score (nSPS) is 34.7. The Morgan fingerprint density at radius 1 is 1.03 bits per heavy atom. The lowest BCUT2D eigenvalue weighted by atomic mass is 9.92. The Balaban J connectivity index is 1.82. The predicted molar refractivity (Wildman–Crippen MR) is 107 cm³/mol. The number of carbonyl (C=O) groups excluding carboxylic acids is 2. The molecule has 0 aromatic carbocycles. The van der Waals surface area contributed by atoms with Crippen LogP contribution in [0.2, 0.25) is 0 Å². The molecule has 0 aromatic heterocycles. The second-order valence-corrected chi connectivity index (χ2v) is 10.3. The molecule has 31 heavy (non-hydrogen) atoms. The average Bonchev–Trinajstić information content (AvgIpc) is 3.26. The second-order valence-electron chi connectivity index (χ2n) is 10.3. The Bertz CT molecular complexity index is 701. The van der Waals surface area contributed by atoms with E-state index in [-0.39, 0.29) is 19.6 Å². The lowest BCUT2D eigenvalue weighted by Crippen LogP contribution is -2.51. The maximum absolute atomic E-state index is 13.2. The Labute approximate surface area is 182 Å². The summed E-state index contributed by atoms with van der Waals surface area (Å²) in [5.41, 5.74) is -0.842. The minimum Gasteiger partial charge on any atom is -0.443 e. The molecule has 0 radical (unpaired) electrons. The van der Waals surface area contributed by atoms with Crippen molar-refractivity contribution in [2.24, 2.45) is 5.92 Å². The van der Waals surface area contributed by atoms with Crippen molar-refractivity contribution in [2.75, 3.05) is 13.2 Å². The Kier molecular flexibility index (Phi) is 6.47. The molecule has 10 heteroatoms. The zero-order valence-corrected chi connectivity index (χ0v) is 19.3. The molecule has 0 bridgehead atoms. The molecule has 0 aliphatic carbocycles. The monoisotopic (exact) mass is 445 g/mol. The lowest BCUT2D eigenvalue weighted by Gasteiger charge is -2.31. The topological polar surface area (TPSA) is 124 Å². The number of carbonyl (C=O) groups is 2. The highest BCUT2D eigenvalue weighted by Gasteiger charge is 2.55. The summed E-state index contributed by atoms with van der Waals surface area (Å²) in [6.07, 6.45) is -4.75. The molecule has 3 heterocycles. The number of aliphatic hydroxyl groups is 2. The van der Waals surface area contributed by atoms with E-state index in [1.165, 1.54) is 0 Å². The molecule has 6 atom stereocenters.